The van der Waals surface area contributed by atoms with Gasteiger partial charge in [0.2, 0.25) is 0 Å². The molecule has 1 aliphatic heterocycles. The fourth-order valence-electron chi connectivity index (χ4n) is 4.83. The largest absolute Gasteiger partial charge is 0.573 e. The number of piperazine rings is 1. The van der Waals surface area contributed by atoms with Crippen LogP contribution in [-0.2, 0) is 11.8 Å². The molecule has 1 atom stereocenters. The van der Waals surface area contributed by atoms with E-state index in [1.54, 1.807) is 33.5 Å². The van der Waals surface area contributed by atoms with Crippen molar-refractivity contribution >= 4 is 22.9 Å². The van der Waals surface area contributed by atoms with E-state index in [0.717, 1.165) is 16.5 Å². The molecule has 10 nitrogen and oxygen atoms in total. The molecule has 0 aliphatic carbocycles. The number of anilines is 1. The second-order valence-corrected chi connectivity index (χ2v) is 10.7. The third-order valence-electron chi connectivity index (χ3n) is 6.46. The van der Waals surface area contributed by atoms with E-state index in [0.29, 0.717) is 36.8 Å². The standard InChI is InChI=1S/C27H30F3N7O3/c1-17-13-35(25(38)40-26(2,3)4)9-10-36(17)23-22-21(18-12-33-34(5)14-18)15-37(24(22)32-16-31-23)19-7-6-8-20(11-19)39-27(28,29)30/h6-8,11-12,14-17H,9-10,13H2,1-5H3/t17-/m0/s1. The van der Waals surface area contributed by atoms with Gasteiger partial charge in [-0.2, -0.15) is 5.10 Å². The number of hydrogen-bond acceptors (Lipinski definition) is 7. The van der Waals surface area contributed by atoms with Gasteiger partial charge < -0.3 is 23.8 Å². The topological polar surface area (TPSA) is 90.5 Å². The van der Waals surface area contributed by atoms with Gasteiger partial charge in [0.15, 0.2) is 5.65 Å². The molecule has 0 unspecified atom stereocenters. The van der Waals surface area contributed by atoms with Crippen molar-refractivity contribution in [3.05, 3.63) is 49.2 Å². The van der Waals surface area contributed by atoms with Crippen molar-refractivity contribution in [1.29, 1.82) is 0 Å². The molecule has 1 fully saturated rings. The molecule has 13 heteroatoms. The number of carbonyl (C=O) groups excluding carboxylic acids is 1. The number of alkyl halides is 3. The summed E-state index contributed by atoms with van der Waals surface area (Å²) in [5.74, 6) is 0.317. The van der Waals surface area contributed by atoms with Gasteiger partial charge in [0.25, 0.3) is 0 Å². The maximum Gasteiger partial charge on any atom is 0.573 e. The summed E-state index contributed by atoms with van der Waals surface area (Å²) in [6.45, 7) is 8.86. The Morgan fingerprint density at radius 3 is 2.52 bits per heavy atom. The van der Waals surface area contributed by atoms with Crippen molar-refractivity contribution in [3.63, 3.8) is 0 Å². The van der Waals surface area contributed by atoms with Crippen molar-refractivity contribution < 1.29 is 27.4 Å². The molecular weight excluding hydrogens is 527 g/mol. The second kappa shape index (κ2) is 10.0. The Balaban J connectivity index is 1.57. The van der Waals surface area contributed by atoms with E-state index in [1.807, 2.05) is 40.1 Å². The monoisotopic (exact) mass is 557 g/mol. The van der Waals surface area contributed by atoms with Crippen LogP contribution < -0.4 is 9.64 Å². The lowest BCUT2D eigenvalue weighted by atomic mass is 10.1. The Bertz CT molecular complexity index is 1540. The van der Waals surface area contributed by atoms with Crippen molar-refractivity contribution in [1.82, 2.24) is 29.2 Å². The van der Waals surface area contributed by atoms with Crippen LogP contribution in [0.1, 0.15) is 27.7 Å². The van der Waals surface area contributed by atoms with Gasteiger partial charge in [-0.25, -0.2) is 14.8 Å². The van der Waals surface area contributed by atoms with Gasteiger partial charge in [0, 0.05) is 62.3 Å². The summed E-state index contributed by atoms with van der Waals surface area (Å²) in [5, 5.41) is 5.02. The highest BCUT2D eigenvalue weighted by Crippen LogP contribution is 2.38. The van der Waals surface area contributed by atoms with Crippen molar-refractivity contribution in [2.45, 2.75) is 45.7 Å². The first kappa shape index (κ1) is 27.3. The first-order valence-electron chi connectivity index (χ1n) is 12.7. The SMILES string of the molecule is C[C@H]1CN(C(=O)OC(C)(C)C)CCN1c1ncnc2c1c(-c1cnn(C)c1)cn2-c1cccc(OC(F)(F)F)c1. The lowest BCUT2D eigenvalue weighted by Crippen LogP contribution is -2.54. The summed E-state index contributed by atoms with van der Waals surface area (Å²) in [7, 11) is 1.80. The van der Waals surface area contributed by atoms with Gasteiger partial charge in [0.05, 0.1) is 17.3 Å². The maximum absolute atomic E-state index is 12.9. The Morgan fingerprint density at radius 1 is 1.10 bits per heavy atom. The average molecular weight is 558 g/mol. The summed E-state index contributed by atoms with van der Waals surface area (Å²) in [5.41, 5.74) is 1.91. The van der Waals surface area contributed by atoms with Gasteiger partial charge in [0.1, 0.15) is 23.5 Å². The molecule has 212 valence electrons. The fraction of sp³-hybridized carbons (Fsp3) is 0.407. The number of nitrogens with zero attached hydrogens (tertiary/aromatic N) is 7. The molecule has 0 radical (unpaired) electrons. The summed E-state index contributed by atoms with van der Waals surface area (Å²) < 4.78 is 51.8. The number of fused-ring (bicyclic) bond motifs is 1. The highest BCUT2D eigenvalue weighted by molar-refractivity contribution is 6.02. The quantitative estimate of drug-likeness (QED) is 0.342. The van der Waals surface area contributed by atoms with Crippen molar-refractivity contribution in [3.8, 4) is 22.6 Å². The number of carbonyl (C=O) groups is 1. The summed E-state index contributed by atoms with van der Waals surface area (Å²) in [4.78, 5) is 25.7. The Labute approximate surface area is 228 Å². The first-order chi connectivity index (χ1) is 18.8. The molecular formula is C27H30F3N7O3. The van der Waals surface area contributed by atoms with E-state index in [2.05, 4.69) is 24.7 Å². The van der Waals surface area contributed by atoms with Crippen LogP contribution in [0.2, 0.25) is 0 Å². The fourth-order valence-corrected chi connectivity index (χ4v) is 4.83. The van der Waals surface area contributed by atoms with Crippen molar-refractivity contribution in [2.75, 3.05) is 24.5 Å². The van der Waals surface area contributed by atoms with Crippen LogP contribution in [0.5, 0.6) is 5.75 Å². The predicted molar refractivity (Wildman–Crippen MR) is 142 cm³/mol. The molecule has 3 aromatic heterocycles. The molecule has 1 saturated heterocycles. The van der Waals surface area contributed by atoms with Gasteiger partial charge in [-0.05, 0) is 39.8 Å². The maximum atomic E-state index is 12.9. The minimum atomic E-state index is -4.81. The molecule has 1 aromatic carbocycles. The number of halogens is 3. The van der Waals surface area contributed by atoms with E-state index >= 15 is 0 Å². The van der Waals surface area contributed by atoms with Crippen LogP contribution in [0.4, 0.5) is 23.8 Å². The first-order valence-corrected chi connectivity index (χ1v) is 12.7. The minimum Gasteiger partial charge on any atom is -0.444 e. The Kier molecular flexibility index (Phi) is 6.84. The molecule has 0 saturated carbocycles. The smallest absolute Gasteiger partial charge is 0.444 e. The number of hydrogen-bond donors (Lipinski definition) is 0. The zero-order valence-electron chi connectivity index (χ0n) is 22.8. The molecule has 0 N–H and O–H groups in total. The van der Waals surface area contributed by atoms with E-state index in [-0.39, 0.29) is 17.9 Å². The molecule has 0 spiro atoms. The molecule has 1 aliphatic rings. The molecule has 4 aromatic rings. The number of benzene rings is 1. The van der Waals surface area contributed by atoms with Gasteiger partial charge in [-0.1, -0.05) is 6.07 Å². The van der Waals surface area contributed by atoms with Gasteiger partial charge in [-0.3, -0.25) is 4.68 Å². The summed E-state index contributed by atoms with van der Waals surface area (Å²) >= 11 is 0. The van der Waals surface area contributed by atoms with E-state index in [4.69, 9.17) is 4.74 Å². The third kappa shape index (κ3) is 5.68. The second-order valence-electron chi connectivity index (χ2n) is 10.7. The highest BCUT2D eigenvalue weighted by Gasteiger charge is 2.33. The lowest BCUT2D eigenvalue weighted by molar-refractivity contribution is -0.274. The van der Waals surface area contributed by atoms with Crippen LogP contribution in [0.15, 0.2) is 49.2 Å². The molecule has 40 heavy (non-hydrogen) atoms. The van der Waals surface area contributed by atoms with Gasteiger partial charge in [-0.15, -0.1) is 13.2 Å². The highest BCUT2D eigenvalue weighted by atomic mass is 19.4. The lowest BCUT2D eigenvalue weighted by Gasteiger charge is -2.41. The molecule has 4 heterocycles. The number of aromatic nitrogens is 5. The normalized spacial score (nSPS) is 16.4. The zero-order chi connectivity index (χ0) is 28.8. The molecule has 5 rings (SSSR count). The van der Waals surface area contributed by atoms with Crippen LogP contribution in [0.25, 0.3) is 27.8 Å². The third-order valence-corrected chi connectivity index (χ3v) is 6.46. The molecule has 0 bridgehead atoms. The summed E-state index contributed by atoms with van der Waals surface area (Å²) in [6, 6.07) is 5.63. The van der Waals surface area contributed by atoms with Crippen LogP contribution >= 0.6 is 0 Å². The van der Waals surface area contributed by atoms with Crippen LogP contribution in [0.3, 0.4) is 0 Å². The number of aryl methyl sites for hydroxylation is 1. The zero-order valence-corrected chi connectivity index (χ0v) is 22.8. The van der Waals surface area contributed by atoms with E-state index in [9.17, 15) is 18.0 Å². The molecule has 1 amide bonds. The van der Waals surface area contributed by atoms with Crippen LogP contribution in [-0.4, -0.2) is 72.9 Å². The minimum absolute atomic E-state index is 0.104. The van der Waals surface area contributed by atoms with E-state index in [1.165, 1.54) is 24.5 Å². The predicted octanol–water partition coefficient (Wildman–Crippen LogP) is 5.17. The van der Waals surface area contributed by atoms with Crippen molar-refractivity contribution in [2.24, 2.45) is 7.05 Å². The Morgan fingerprint density at radius 2 is 1.88 bits per heavy atom. The average Bonchev–Trinajstić information content (AvgIpc) is 3.45. The van der Waals surface area contributed by atoms with Gasteiger partial charge >= 0.3 is 12.5 Å². The van der Waals surface area contributed by atoms with E-state index < -0.39 is 12.0 Å². The summed E-state index contributed by atoms with van der Waals surface area (Å²) in [6.07, 6.45) is 1.63. The number of rotatable bonds is 4. The number of amides is 1. The Hall–Kier alpha value is -4.29. The van der Waals surface area contributed by atoms with Crippen LogP contribution in [0, 0.1) is 0 Å². The number of ether oxygens (including phenoxy) is 2.